The molecule has 4 rings (SSSR count). The summed E-state index contributed by atoms with van der Waals surface area (Å²) in [5, 5.41) is 5.04. The number of rotatable bonds is 6. The van der Waals surface area contributed by atoms with Crippen LogP contribution in [0.3, 0.4) is 0 Å². The number of aromatic nitrogens is 1. The van der Waals surface area contributed by atoms with Crippen molar-refractivity contribution in [3.05, 3.63) is 45.7 Å². The highest BCUT2D eigenvalue weighted by Crippen LogP contribution is 2.18. The first-order chi connectivity index (χ1) is 14.1. The standard InChI is InChI=1S/C22H29N3O3S/c1-15-5-2-6-16-11-17(21(26)24-20(15)16)13-25(14-19-8-4-10-28-19)22(29)23-12-18-7-3-9-27-18/h2,5-6,11,18-19H,3-4,7-10,12-14H2,1H3,(H,23,29)(H,24,26)/t18-,19+/m1/s1. The molecule has 2 aliphatic heterocycles. The Bertz CT molecular complexity index is 917. The third-order valence-corrected chi connectivity index (χ3v) is 6.17. The van der Waals surface area contributed by atoms with Gasteiger partial charge in [-0.3, -0.25) is 4.79 Å². The fraction of sp³-hybridized carbons (Fsp3) is 0.545. The van der Waals surface area contributed by atoms with Gasteiger partial charge >= 0.3 is 0 Å². The Labute approximate surface area is 176 Å². The lowest BCUT2D eigenvalue weighted by Crippen LogP contribution is -2.45. The summed E-state index contributed by atoms with van der Waals surface area (Å²) in [6.45, 7) is 5.47. The van der Waals surface area contributed by atoms with Gasteiger partial charge in [0.2, 0.25) is 0 Å². The molecule has 0 amide bonds. The van der Waals surface area contributed by atoms with Gasteiger partial charge in [0.25, 0.3) is 5.56 Å². The van der Waals surface area contributed by atoms with Crippen LogP contribution >= 0.6 is 12.2 Å². The van der Waals surface area contributed by atoms with E-state index in [1.165, 1.54) is 0 Å². The van der Waals surface area contributed by atoms with Gasteiger partial charge in [0.05, 0.1) is 24.3 Å². The minimum absolute atomic E-state index is 0.0638. The first-order valence-corrected chi connectivity index (χ1v) is 10.9. The molecule has 2 aliphatic rings. The van der Waals surface area contributed by atoms with E-state index in [4.69, 9.17) is 21.7 Å². The SMILES string of the molecule is Cc1cccc2cc(CN(C[C@@H]3CCCO3)C(=S)NC[C@H]3CCCO3)c(=O)[nH]c12. The largest absolute Gasteiger partial charge is 0.376 e. The Morgan fingerprint density at radius 2 is 2.00 bits per heavy atom. The summed E-state index contributed by atoms with van der Waals surface area (Å²) < 4.78 is 11.5. The van der Waals surface area contributed by atoms with E-state index >= 15 is 0 Å². The summed E-state index contributed by atoms with van der Waals surface area (Å²) in [4.78, 5) is 17.9. The zero-order valence-electron chi connectivity index (χ0n) is 16.9. The average molecular weight is 416 g/mol. The van der Waals surface area contributed by atoms with E-state index in [0.29, 0.717) is 30.3 Å². The molecule has 7 heteroatoms. The molecule has 0 unspecified atom stereocenters. The van der Waals surface area contributed by atoms with Crippen LogP contribution in [0.15, 0.2) is 29.1 Å². The van der Waals surface area contributed by atoms with Crippen LogP contribution in [0.1, 0.15) is 36.8 Å². The fourth-order valence-electron chi connectivity index (χ4n) is 4.12. The predicted octanol–water partition coefficient (Wildman–Crippen LogP) is 2.87. The molecule has 2 N–H and O–H groups in total. The molecule has 6 nitrogen and oxygen atoms in total. The molecule has 0 radical (unpaired) electrons. The quantitative estimate of drug-likeness (QED) is 0.708. The fourth-order valence-corrected chi connectivity index (χ4v) is 4.35. The lowest BCUT2D eigenvalue weighted by molar-refractivity contribution is 0.0885. The van der Waals surface area contributed by atoms with Crippen LogP contribution in [-0.2, 0) is 16.0 Å². The van der Waals surface area contributed by atoms with Gasteiger partial charge in [-0.25, -0.2) is 0 Å². The Kier molecular flexibility index (Phi) is 6.47. The van der Waals surface area contributed by atoms with Crippen LogP contribution in [0.4, 0.5) is 0 Å². The number of fused-ring (bicyclic) bond motifs is 1. The maximum Gasteiger partial charge on any atom is 0.253 e. The summed E-state index contributed by atoms with van der Waals surface area (Å²) in [5.41, 5.74) is 2.61. The number of thiocarbonyl (C=S) groups is 1. The second-order valence-electron chi connectivity index (χ2n) is 8.00. The van der Waals surface area contributed by atoms with Gasteiger partial charge in [-0.2, -0.15) is 0 Å². The van der Waals surface area contributed by atoms with Crippen molar-refractivity contribution < 1.29 is 9.47 Å². The summed E-state index contributed by atoms with van der Waals surface area (Å²) in [6, 6.07) is 8.02. The molecule has 2 saturated heterocycles. The normalized spacial score (nSPS) is 21.6. The summed E-state index contributed by atoms with van der Waals surface area (Å²) in [5.74, 6) is 0. The van der Waals surface area contributed by atoms with E-state index in [1.807, 2.05) is 31.2 Å². The van der Waals surface area contributed by atoms with Crippen LogP contribution in [0, 0.1) is 6.92 Å². The van der Waals surface area contributed by atoms with Crippen molar-refractivity contribution in [1.29, 1.82) is 0 Å². The van der Waals surface area contributed by atoms with Crippen LogP contribution in [0.25, 0.3) is 10.9 Å². The van der Waals surface area contributed by atoms with Crippen molar-refractivity contribution in [2.45, 2.75) is 51.4 Å². The second-order valence-corrected chi connectivity index (χ2v) is 8.39. The molecule has 0 aliphatic carbocycles. The molecule has 2 aromatic rings. The topological polar surface area (TPSA) is 66.6 Å². The number of ether oxygens (including phenoxy) is 2. The number of nitrogens with zero attached hydrogens (tertiary/aromatic N) is 1. The molecule has 0 bridgehead atoms. The molecule has 156 valence electrons. The molecule has 29 heavy (non-hydrogen) atoms. The zero-order valence-corrected chi connectivity index (χ0v) is 17.7. The number of hydrogen-bond acceptors (Lipinski definition) is 4. The average Bonchev–Trinajstić information content (AvgIpc) is 3.41. The first kappa shape index (κ1) is 20.3. The highest BCUT2D eigenvalue weighted by molar-refractivity contribution is 7.80. The highest BCUT2D eigenvalue weighted by atomic mass is 32.1. The van der Waals surface area contributed by atoms with Crippen LogP contribution in [-0.4, -0.2) is 53.5 Å². The molecule has 2 atom stereocenters. The summed E-state index contributed by atoms with van der Waals surface area (Å²) in [7, 11) is 0. The molecule has 0 saturated carbocycles. The third-order valence-electron chi connectivity index (χ3n) is 5.77. The van der Waals surface area contributed by atoms with E-state index in [2.05, 4.69) is 15.2 Å². The minimum atomic E-state index is -0.0638. The van der Waals surface area contributed by atoms with Crippen molar-refractivity contribution in [2.75, 3.05) is 26.3 Å². The van der Waals surface area contributed by atoms with Crippen molar-refractivity contribution in [2.24, 2.45) is 0 Å². The van der Waals surface area contributed by atoms with E-state index in [0.717, 1.165) is 55.4 Å². The first-order valence-electron chi connectivity index (χ1n) is 10.5. The van der Waals surface area contributed by atoms with Gasteiger partial charge in [-0.05, 0) is 61.8 Å². The number of aromatic amines is 1. The zero-order chi connectivity index (χ0) is 20.2. The maximum atomic E-state index is 12.8. The van der Waals surface area contributed by atoms with E-state index in [1.54, 1.807) is 0 Å². The molecule has 3 heterocycles. The number of nitrogens with one attached hydrogen (secondary N) is 2. The summed E-state index contributed by atoms with van der Waals surface area (Å²) in [6.07, 6.45) is 4.63. The van der Waals surface area contributed by atoms with Gasteiger partial charge in [0, 0.05) is 31.9 Å². The van der Waals surface area contributed by atoms with Crippen LogP contribution in [0.2, 0.25) is 0 Å². The van der Waals surface area contributed by atoms with Gasteiger partial charge in [0.1, 0.15) is 0 Å². The highest BCUT2D eigenvalue weighted by Gasteiger charge is 2.23. The number of para-hydroxylation sites is 1. The Hall–Kier alpha value is -1.96. The predicted molar refractivity (Wildman–Crippen MR) is 118 cm³/mol. The van der Waals surface area contributed by atoms with Crippen molar-refractivity contribution in [1.82, 2.24) is 15.2 Å². The number of H-pyrrole nitrogens is 1. The maximum absolute atomic E-state index is 12.8. The van der Waals surface area contributed by atoms with Gasteiger partial charge in [0.15, 0.2) is 5.11 Å². The molecular formula is C22H29N3O3S. The Morgan fingerprint density at radius 1 is 1.24 bits per heavy atom. The third kappa shape index (κ3) is 4.97. The minimum Gasteiger partial charge on any atom is -0.376 e. The Morgan fingerprint density at radius 3 is 2.72 bits per heavy atom. The van der Waals surface area contributed by atoms with Gasteiger partial charge in [-0.15, -0.1) is 0 Å². The number of benzene rings is 1. The smallest absolute Gasteiger partial charge is 0.253 e. The monoisotopic (exact) mass is 415 g/mol. The molecule has 1 aromatic carbocycles. The Balaban J connectivity index is 1.52. The van der Waals surface area contributed by atoms with Gasteiger partial charge in [-0.1, -0.05) is 18.2 Å². The van der Waals surface area contributed by atoms with E-state index in [9.17, 15) is 4.79 Å². The van der Waals surface area contributed by atoms with Crippen molar-refractivity contribution >= 4 is 28.2 Å². The molecule has 0 spiro atoms. The second kappa shape index (κ2) is 9.24. The van der Waals surface area contributed by atoms with E-state index in [-0.39, 0.29) is 17.8 Å². The molecular weight excluding hydrogens is 386 g/mol. The molecule has 1 aromatic heterocycles. The molecule has 2 fully saturated rings. The van der Waals surface area contributed by atoms with Crippen molar-refractivity contribution in [3.63, 3.8) is 0 Å². The van der Waals surface area contributed by atoms with Crippen LogP contribution < -0.4 is 10.9 Å². The lowest BCUT2D eigenvalue weighted by Gasteiger charge is -2.28. The van der Waals surface area contributed by atoms with Gasteiger partial charge < -0.3 is 24.7 Å². The summed E-state index contributed by atoms with van der Waals surface area (Å²) >= 11 is 5.70. The number of hydrogen-bond donors (Lipinski definition) is 2. The van der Waals surface area contributed by atoms with Crippen LogP contribution in [0.5, 0.6) is 0 Å². The number of pyridine rings is 1. The number of aryl methyl sites for hydroxylation is 1. The van der Waals surface area contributed by atoms with E-state index < -0.39 is 0 Å². The van der Waals surface area contributed by atoms with Crippen molar-refractivity contribution in [3.8, 4) is 0 Å². The lowest BCUT2D eigenvalue weighted by atomic mass is 10.1.